The van der Waals surface area contributed by atoms with E-state index in [-0.39, 0.29) is 30.1 Å². The van der Waals surface area contributed by atoms with Crippen molar-refractivity contribution >= 4 is 17.5 Å². The molecule has 1 aliphatic carbocycles. The lowest BCUT2D eigenvalue weighted by Gasteiger charge is -2.31. The topological polar surface area (TPSA) is 49.4 Å². The number of anilines is 1. The van der Waals surface area contributed by atoms with Crippen molar-refractivity contribution in [1.29, 1.82) is 0 Å². The lowest BCUT2D eigenvalue weighted by Crippen LogP contribution is -2.39. The average molecular weight is 338 g/mol. The minimum absolute atomic E-state index is 0.00108. The third-order valence-corrected chi connectivity index (χ3v) is 4.80. The van der Waals surface area contributed by atoms with Gasteiger partial charge in [0.15, 0.2) is 0 Å². The molecule has 4 rings (SSSR count). The maximum atomic E-state index is 13.4. The smallest absolute Gasteiger partial charge is 0.244 e. The maximum Gasteiger partial charge on any atom is 0.244 e. The van der Waals surface area contributed by atoms with Gasteiger partial charge < -0.3 is 10.2 Å². The Morgan fingerprint density at radius 2 is 1.88 bits per heavy atom. The molecule has 5 heteroatoms. The number of hydrogen-bond acceptors (Lipinski definition) is 2. The molecule has 25 heavy (non-hydrogen) atoms. The van der Waals surface area contributed by atoms with Crippen LogP contribution < -0.4 is 5.32 Å². The van der Waals surface area contributed by atoms with Gasteiger partial charge in [-0.3, -0.25) is 9.59 Å². The molecule has 0 aromatic heterocycles. The number of nitrogens with zero attached hydrogens (tertiary/aromatic N) is 1. The molecule has 2 aliphatic rings. The minimum Gasteiger partial charge on any atom is -0.324 e. The van der Waals surface area contributed by atoms with E-state index in [2.05, 4.69) is 5.32 Å². The van der Waals surface area contributed by atoms with Crippen molar-refractivity contribution in [2.75, 3.05) is 11.9 Å². The summed E-state index contributed by atoms with van der Waals surface area (Å²) < 4.78 is 13.4. The molecule has 1 N–H and O–H groups in total. The summed E-state index contributed by atoms with van der Waals surface area (Å²) in [6.45, 7) is 1.98. The van der Waals surface area contributed by atoms with E-state index in [0.29, 0.717) is 5.69 Å². The minimum atomic E-state index is -0.400. The Balaban J connectivity index is 1.88. The fourth-order valence-electron chi connectivity index (χ4n) is 3.40. The Morgan fingerprint density at radius 1 is 1.16 bits per heavy atom. The number of nitrogens with one attached hydrogen (secondary N) is 1. The van der Waals surface area contributed by atoms with Crippen LogP contribution in [0.4, 0.5) is 10.1 Å². The molecule has 0 unspecified atom stereocenters. The number of carbonyl (C=O) groups is 2. The Labute approximate surface area is 145 Å². The van der Waals surface area contributed by atoms with Crippen molar-refractivity contribution in [1.82, 2.24) is 4.90 Å². The zero-order chi connectivity index (χ0) is 17.6. The van der Waals surface area contributed by atoms with Crippen LogP contribution >= 0.6 is 0 Å². The molecule has 0 spiro atoms. The summed E-state index contributed by atoms with van der Waals surface area (Å²) in [5, 5.41) is 2.90. The SMILES string of the molecule is Cc1ccc2c(c1)[C@@H](c1ccc(F)cc1)N(C(=O)C1CC1)CC(=O)N2. The summed E-state index contributed by atoms with van der Waals surface area (Å²) in [7, 11) is 0. The molecule has 0 bridgehead atoms. The molecule has 128 valence electrons. The number of amides is 2. The van der Waals surface area contributed by atoms with E-state index in [1.165, 1.54) is 12.1 Å². The fraction of sp³-hybridized carbons (Fsp3) is 0.300. The first-order chi connectivity index (χ1) is 12.0. The van der Waals surface area contributed by atoms with Gasteiger partial charge in [0.1, 0.15) is 12.4 Å². The van der Waals surface area contributed by atoms with Crippen molar-refractivity contribution in [2.45, 2.75) is 25.8 Å². The van der Waals surface area contributed by atoms with Gasteiger partial charge in [-0.25, -0.2) is 4.39 Å². The van der Waals surface area contributed by atoms with Gasteiger partial charge >= 0.3 is 0 Å². The first kappa shape index (κ1) is 15.8. The van der Waals surface area contributed by atoms with E-state index in [1.807, 2.05) is 25.1 Å². The molecule has 1 saturated carbocycles. The highest BCUT2D eigenvalue weighted by atomic mass is 19.1. The number of benzene rings is 2. The van der Waals surface area contributed by atoms with Gasteiger partial charge in [-0.15, -0.1) is 0 Å². The maximum absolute atomic E-state index is 13.4. The van der Waals surface area contributed by atoms with Crippen molar-refractivity contribution in [3.8, 4) is 0 Å². The van der Waals surface area contributed by atoms with Crippen LogP contribution in [0.3, 0.4) is 0 Å². The summed E-state index contributed by atoms with van der Waals surface area (Å²) in [6.07, 6.45) is 1.74. The Morgan fingerprint density at radius 3 is 2.56 bits per heavy atom. The van der Waals surface area contributed by atoms with Gasteiger partial charge in [0.2, 0.25) is 11.8 Å². The second-order valence-electron chi connectivity index (χ2n) is 6.83. The summed E-state index contributed by atoms with van der Waals surface area (Å²) in [6, 6.07) is 11.5. The van der Waals surface area contributed by atoms with Crippen molar-refractivity contribution in [3.63, 3.8) is 0 Å². The van der Waals surface area contributed by atoms with E-state index >= 15 is 0 Å². The van der Waals surface area contributed by atoms with Crippen LogP contribution in [0.1, 0.15) is 35.6 Å². The second-order valence-corrected chi connectivity index (χ2v) is 6.83. The lowest BCUT2D eigenvalue weighted by atomic mass is 9.94. The number of hydrogen-bond donors (Lipinski definition) is 1. The fourth-order valence-corrected chi connectivity index (χ4v) is 3.40. The summed E-state index contributed by atoms with van der Waals surface area (Å²) in [5.74, 6) is -0.527. The normalized spacial score (nSPS) is 19.8. The van der Waals surface area contributed by atoms with Gasteiger partial charge in [-0.05, 0) is 43.5 Å². The van der Waals surface area contributed by atoms with Crippen LogP contribution in [0, 0.1) is 18.7 Å². The molecule has 4 nitrogen and oxygen atoms in total. The van der Waals surface area contributed by atoms with Gasteiger partial charge in [0.25, 0.3) is 0 Å². The molecular formula is C20H19FN2O2. The Hall–Kier alpha value is -2.69. The van der Waals surface area contributed by atoms with Crippen LogP contribution in [0.2, 0.25) is 0 Å². The molecule has 0 saturated heterocycles. The standard InChI is InChI=1S/C20H19FN2O2/c1-12-2-9-17-16(10-12)19(13-5-7-15(21)8-6-13)23(11-18(24)22-17)20(25)14-3-4-14/h2,5-10,14,19H,3-4,11H2,1H3,(H,22,24)/t19-/m1/s1. The zero-order valence-corrected chi connectivity index (χ0v) is 14.0. The zero-order valence-electron chi connectivity index (χ0n) is 14.0. The highest BCUT2D eigenvalue weighted by Gasteiger charge is 2.40. The molecule has 1 atom stereocenters. The largest absolute Gasteiger partial charge is 0.324 e. The molecule has 1 heterocycles. The van der Waals surface area contributed by atoms with E-state index in [4.69, 9.17) is 0 Å². The molecule has 1 fully saturated rings. The van der Waals surface area contributed by atoms with E-state index in [9.17, 15) is 14.0 Å². The quantitative estimate of drug-likeness (QED) is 0.912. The average Bonchev–Trinajstić information content (AvgIpc) is 3.42. The van der Waals surface area contributed by atoms with Gasteiger partial charge in [-0.1, -0.05) is 29.8 Å². The monoisotopic (exact) mass is 338 g/mol. The van der Waals surface area contributed by atoms with Crippen LogP contribution in [-0.2, 0) is 9.59 Å². The summed E-state index contributed by atoms with van der Waals surface area (Å²) >= 11 is 0. The molecular weight excluding hydrogens is 319 g/mol. The second kappa shape index (κ2) is 5.99. The number of carbonyl (C=O) groups excluding carboxylic acids is 2. The molecule has 1 aliphatic heterocycles. The van der Waals surface area contributed by atoms with Crippen molar-refractivity contribution < 1.29 is 14.0 Å². The van der Waals surface area contributed by atoms with E-state index in [1.54, 1.807) is 17.0 Å². The highest BCUT2D eigenvalue weighted by Crippen LogP contribution is 2.40. The number of fused-ring (bicyclic) bond motifs is 1. The molecule has 2 aromatic rings. The third-order valence-electron chi connectivity index (χ3n) is 4.80. The number of rotatable bonds is 2. The van der Waals surface area contributed by atoms with E-state index < -0.39 is 6.04 Å². The third kappa shape index (κ3) is 3.02. The number of aryl methyl sites for hydroxylation is 1. The Bertz CT molecular complexity index is 843. The van der Waals surface area contributed by atoms with Crippen LogP contribution in [0.5, 0.6) is 0 Å². The van der Waals surface area contributed by atoms with Gasteiger partial charge in [0, 0.05) is 17.2 Å². The predicted octanol–water partition coefficient (Wildman–Crippen LogP) is 3.41. The summed E-state index contributed by atoms with van der Waals surface area (Å²) in [5.41, 5.74) is 3.42. The number of halogens is 1. The Kier molecular flexibility index (Phi) is 3.79. The molecule has 2 amide bonds. The van der Waals surface area contributed by atoms with E-state index in [0.717, 1.165) is 29.5 Å². The van der Waals surface area contributed by atoms with Gasteiger partial charge in [0.05, 0.1) is 6.04 Å². The molecule has 2 aromatic carbocycles. The van der Waals surface area contributed by atoms with Crippen LogP contribution in [0.15, 0.2) is 42.5 Å². The van der Waals surface area contributed by atoms with Crippen LogP contribution in [-0.4, -0.2) is 23.3 Å². The highest BCUT2D eigenvalue weighted by molar-refractivity contribution is 5.97. The van der Waals surface area contributed by atoms with Crippen LogP contribution in [0.25, 0.3) is 0 Å². The molecule has 0 radical (unpaired) electrons. The van der Waals surface area contributed by atoms with Crippen molar-refractivity contribution in [2.24, 2.45) is 5.92 Å². The van der Waals surface area contributed by atoms with Crippen molar-refractivity contribution in [3.05, 3.63) is 65.0 Å². The first-order valence-electron chi connectivity index (χ1n) is 8.49. The van der Waals surface area contributed by atoms with Gasteiger partial charge in [-0.2, -0.15) is 0 Å². The lowest BCUT2D eigenvalue weighted by molar-refractivity contribution is -0.137. The first-order valence-corrected chi connectivity index (χ1v) is 8.49. The predicted molar refractivity (Wildman–Crippen MR) is 92.5 cm³/mol. The summed E-state index contributed by atoms with van der Waals surface area (Å²) in [4.78, 5) is 26.9.